The number of hydrogen-bond donors (Lipinski definition) is 3. The van der Waals surface area contributed by atoms with Crippen LogP contribution in [0.15, 0.2) is 54.9 Å². The number of imidazole rings is 1. The first-order valence-electron chi connectivity index (χ1n) is 11.1. The van der Waals surface area contributed by atoms with Crippen LogP contribution in [-0.4, -0.2) is 31.9 Å². The number of nitrogens with zero attached hydrogens (tertiary/aromatic N) is 3. The molecule has 0 aliphatic rings. The maximum atomic E-state index is 12.4. The average Bonchev–Trinajstić information content (AvgIpc) is 3.41. The Morgan fingerprint density at radius 2 is 1.88 bits per heavy atom. The van der Waals surface area contributed by atoms with Gasteiger partial charge in [0.2, 0.25) is 0 Å². The summed E-state index contributed by atoms with van der Waals surface area (Å²) in [6.45, 7) is 10.4. The van der Waals surface area contributed by atoms with E-state index in [4.69, 9.17) is 4.74 Å². The molecule has 2 amide bonds. The molecule has 0 spiro atoms. The number of nitrogens with one attached hydrogen (secondary N) is 3. The molecule has 3 N–H and O–H groups in total. The molecule has 8 heteroatoms. The standard InChI is InChI=1S/C25H30N6O2/c1-6-16(2)33-19-11-12-21-20(13-19)26-15-31(21)18-9-7-17(8-10-18)27-24(32)28-23-14-22(29-30-23)25(3,4)5/h7-16H,6H2,1-5H3,(H3,27,28,29,30,32). The first-order chi connectivity index (χ1) is 15.7. The molecule has 0 aliphatic carbocycles. The number of urea groups is 1. The van der Waals surface area contributed by atoms with E-state index in [0.29, 0.717) is 11.5 Å². The fourth-order valence-electron chi connectivity index (χ4n) is 3.34. The molecular formula is C25H30N6O2. The van der Waals surface area contributed by atoms with Gasteiger partial charge in [-0.3, -0.25) is 15.0 Å². The topological polar surface area (TPSA) is 96.9 Å². The van der Waals surface area contributed by atoms with Crippen LogP contribution in [0, 0.1) is 0 Å². The van der Waals surface area contributed by atoms with E-state index in [9.17, 15) is 4.79 Å². The number of carbonyl (C=O) groups is 1. The normalized spacial score (nSPS) is 12.5. The Labute approximate surface area is 193 Å². The summed E-state index contributed by atoms with van der Waals surface area (Å²) in [5.74, 6) is 1.30. The monoisotopic (exact) mass is 446 g/mol. The minimum Gasteiger partial charge on any atom is -0.491 e. The summed E-state index contributed by atoms with van der Waals surface area (Å²) >= 11 is 0. The summed E-state index contributed by atoms with van der Waals surface area (Å²) in [7, 11) is 0. The molecule has 1 atom stereocenters. The molecule has 0 saturated heterocycles. The Balaban J connectivity index is 1.43. The van der Waals surface area contributed by atoms with E-state index in [0.717, 1.165) is 34.6 Å². The third-order valence-corrected chi connectivity index (χ3v) is 5.46. The van der Waals surface area contributed by atoms with E-state index in [1.807, 2.05) is 53.1 Å². The van der Waals surface area contributed by atoms with Crippen molar-refractivity contribution in [3.63, 3.8) is 0 Å². The molecule has 0 radical (unpaired) electrons. The lowest BCUT2D eigenvalue weighted by atomic mass is 9.92. The molecule has 0 bridgehead atoms. The van der Waals surface area contributed by atoms with Crippen molar-refractivity contribution in [1.82, 2.24) is 19.7 Å². The molecule has 4 rings (SSSR count). The van der Waals surface area contributed by atoms with Crippen molar-refractivity contribution < 1.29 is 9.53 Å². The highest BCUT2D eigenvalue weighted by atomic mass is 16.5. The van der Waals surface area contributed by atoms with Gasteiger partial charge in [-0.1, -0.05) is 27.7 Å². The van der Waals surface area contributed by atoms with Crippen LogP contribution in [0.5, 0.6) is 5.75 Å². The van der Waals surface area contributed by atoms with Crippen LogP contribution in [0.25, 0.3) is 16.7 Å². The van der Waals surface area contributed by atoms with Crippen molar-refractivity contribution >= 4 is 28.6 Å². The smallest absolute Gasteiger partial charge is 0.324 e. The predicted octanol–water partition coefficient (Wildman–Crippen LogP) is 5.87. The van der Waals surface area contributed by atoms with Crippen LogP contribution < -0.4 is 15.4 Å². The first kappa shape index (κ1) is 22.4. The fraction of sp³-hybridized carbons (Fsp3) is 0.320. The Kier molecular flexibility index (Phi) is 6.09. The SMILES string of the molecule is CCC(C)Oc1ccc2c(c1)ncn2-c1ccc(NC(=O)Nc2cc(C(C)(C)C)[nH]n2)cc1. The number of ether oxygens (including phenoxy) is 1. The fourth-order valence-corrected chi connectivity index (χ4v) is 3.34. The van der Waals surface area contributed by atoms with Crippen molar-refractivity contribution in [2.75, 3.05) is 10.6 Å². The number of H-pyrrole nitrogens is 1. The lowest BCUT2D eigenvalue weighted by Crippen LogP contribution is -2.19. The number of benzene rings is 2. The summed E-state index contributed by atoms with van der Waals surface area (Å²) in [4.78, 5) is 16.9. The third-order valence-electron chi connectivity index (χ3n) is 5.46. The Hall–Kier alpha value is -3.81. The molecular weight excluding hydrogens is 416 g/mol. The van der Waals surface area contributed by atoms with Gasteiger partial charge in [-0.25, -0.2) is 9.78 Å². The number of hydrogen-bond acceptors (Lipinski definition) is 4. The van der Waals surface area contributed by atoms with Crippen molar-refractivity contribution in [3.05, 3.63) is 60.6 Å². The number of aromatic nitrogens is 4. The number of amides is 2. The van der Waals surface area contributed by atoms with Crippen LogP contribution in [0.3, 0.4) is 0 Å². The second kappa shape index (κ2) is 8.97. The summed E-state index contributed by atoms with van der Waals surface area (Å²) in [5.41, 5.74) is 4.36. The third kappa shape index (κ3) is 5.16. The quantitative estimate of drug-likeness (QED) is 0.345. The second-order valence-corrected chi connectivity index (χ2v) is 9.14. The maximum absolute atomic E-state index is 12.4. The van der Waals surface area contributed by atoms with E-state index in [-0.39, 0.29) is 17.6 Å². The van der Waals surface area contributed by atoms with Gasteiger partial charge >= 0.3 is 6.03 Å². The summed E-state index contributed by atoms with van der Waals surface area (Å²) in [6, 6.07) is 15.0. The van der Waals surface area contributed by atoms with Gasteiger partial charge in [0.15, 0.2) is 5.82 Å². The summed E-state index contributed by atoms with van der Waals surface area (Å²) in [6.07, 6.45) is 2.90. The van der Waals surface area contributed by atoms with Crippen LogP contribution >= 0.6 is 0 Å². The highest BCUT2D eigenvalue weighted by molar-refractivity contribution is 5.99. The van der Waals surface area contributed by atoms with E-state index < -0.39 is 0 Å². The second-order valence-electron chi connectivity index (χ2n) is 9.14. The molecule has 1 unspecified atom stereocenters. The van der Waals surface area contributed by atoms with E-state index in [1.54, 1.807) is 6.33 Å². The predicted molar refractivity (Wildman–Crippen MR) is 131 cm³/mol. The zero-order valence-electron chi connectivity index (χ0n) is 19.6. The molecule has 2 aromatic heterocycles. The number of carbonyl (C=O) groups excluding carboxylic acids is 1. The molecule has 8 nitrogen and oxygen atoms in total. The van der Waals surface area contributed by atoms with E-state index in [2.05, 4.69) is 60.4 Å². The number of aromatic amines is 1. The first-order valence-corrected chi connectivity index (χ1v) is 11.1. The largest absolute Gasteiger partial charge is 0.491 e. The summed E-state index contributed by atoms with van der Waals surface area (Å²) < 4.78 is 7.90. The molecule has 4 aromatic rings. The lowest BCUT2D eigenvalue weighted by Gasteiger charge is -2.14. The van der Waals surface area contributed by atoms with E-state index in [1.165, 1.54) is 0 Å². The van der Waals surface area contributed by atoms with Gasteiger partial charge in [0.05, 0.1) is 17.1 Å². The average molecular weight is 447 g/mol. The number of anilines is 2. The van der Waals surface area contributed by atoms with Crippen molar-refractivity contribution in [2.24, 2.45) is 0 Å². The maximum Gasteiger partial charge on any atom is 0.324 e. The Morgan fingerprint density at radius 1 is 1.12 bits per heavy atom. The minimum atomic E-state index is -0.350. The molecule has 0 saturated carbocycles. The Morgan fingerprint density at radius 3 is 2.55 bits per heavy atom. The Bertz CT molecular complexity index is 1250. The van der Waals surface area contributed by atoms with Crippen molar-refractivity contribution in [1.29, 1.82) is 0 Å². The molecule has 33 heavy (non-hydrogen) atoms. The van der Waals surface area contributed by atoms with Gasteiger partial charge in [-0.15, -0.1) is 0 Å². The minimum absolute atomic E-state index is 0.0702. The van der Waals surface area contributed by atoms with Crippen LogP contribution in [0.2, 0.25) is 0 Å². The van der Waals surface area contributed by atoms with Gasteiger partial charge in [-0.2, -0.15) is 5.10 Å². The van der Waals surface area contributed by atoms with E-state index >= 15 is 0 Å². The molecule has 2 aromatic carbocycles. The zero-order valence-corrected chi connectivity index (χ0v) is 19.6. The highest BCUT2D eigenvalue weighted by Crippen LogP contribution is 2.25. The molecule has 0 fully saturated rings. The summed E-state index contributed by atoms with van der Waals surface area (Å²) in [5, 5.41) is 12.7. The molecule has 0 aliphatic heterocycles. The van der Waals surface area contributed by atoms with Gasteiger partial charge in [0.25, 0.3) is 0 Å². The molecule has 172 valence electrons. The van der Waals surface area contributed by atoms with Crippen molar-refractivity contribution in [2.45, 2.75) is 52.6 Å². The number of rotatable bonds is 6. The van der Waals surface area contributed by atoms with Crippen molar-refractivity contribution in [3.8, 4) is 11.4 Å². The van der Waals surface area contributed by atoms with Gasteiger partial charge in [0.1, 0.15) is 12.1 Å². The number of fused-ring (bicyclic) bond motifs is 1. The zero-order chi connectivity index (χ0) is 23.6. The van der Waals surface area contributed by atoms with Crippen LogP contribution in [0.1, 0.15) is 46.7 Å². The van der Waals surface area contributed by atoms with Crippen LogP contribution in [-0.2, 0) is 5.41 Å². The van der Waals surface area contributed by atoms with Gasteiger partial charge in [0, 0.05) is 34.6 Å². The highest BCUT2D eigenvalue weighted by Gasteiger charge is 2.17. The lowest BCUT2D eigenvalue weighted by molar-refractivity contribution is 0.217. The molecule has 2 heterocycles. The van der Waals surface area contributed by atoms with Gasteiger partial charge < -0.3 is 10.1 Å². The van der Waals surface area contributed by atoms with Crippen LogP contribution in [0.4, 0.5) is 16.3 Å². The van der Waals surface area contributed by atoms with Gasteiger partial charge in [-0.05, 0) is 49.7 Å².